The van der Waals surface area contributed by atoms with Crippen molar-refractivity contribution < 1.29 is 9.59 Å². The Morgan fingerprint density at radius 2 is 1.92 bits per heavy atom. The normalized spacial score (nSPS) is 17.0. The van der Waals surface area contributed by atoms with Gasteiger partial charge in [0.25, 0.3) is 0 Å². The molecule has 3 amide bonds. The van der Waals surface area contributed by atoms with Crippen molar-refractivity contribution >= 4 is 17.8 Å². The topological polar surface area (TPSA) is 65.5 Å². The minimum absolute atomic E-state index is 0.0809. The number of pyridine rings is 1. The molecule has 1 saturated heterocycles. The number of carbonyl (C=O) groups is 2. The number of amides is 3. The number of hydrogen-bond acceptors (Lipinski definition) is 4. The van der Waals surface area contributed by atoms with Crippen LogP contribution in [0.3, 0.4) is 0 Å². The van der Waals surface area contributed by atoms with Gasteiger partial charge in [-0.1, -0.05) is 30.3 Å². The van der Waals surface area contributed by atoms with Gasteiger partial charge in [-0.3, -0.25) is 9.69 Å². The molecule has 4 rings (SSSR count). The average molecular weight is 322 g/mol. The molecule has 6 heteroatoms. The van der Waals surface area contributed by atoms with Crippen LogP contribution in [0.5, 0.6) is 0 Å². The van der Waals surface area contributed by atoms with Crippen molar-refractivity contribution in [1.82, 2.24) is 15.2 Å². The molecular weight excluding hydrogens is 304 g/mol. The Balaban J connectivity index is 1.47. The first-order valence-corrected chi connectivity index (χ1v) is 8.05. The predicted molar refractivity (Wildman–Crippen MR) is 89.4 cm³/mol. The molecule has 2 aromatic rings. The molecule has 1 N–H and O–H groups in total. The van der Waals surface area contributed by atoms with Crippen molar-refractivity contribution in [1.29, 1.82) is 0 Å². The third-order valence-electron chi connectivity index (χ3n) is 4.54. The van der Waals surface area contributed by atoms with Gasteiger partial charge in [-0.2, -0.15) is 0 Å². The molecule has 0 atom stereocenters. The number of imide groups is 1. The summed E-state index contributed by atoms with van der Waals surface area (Å²) in [5, 5.41) is 2.52. The van der Waals surface area contributed by atoms with Gasteiger partial charge in [0.1, 0.15) is 5.82 Å². The Hall–Kier alpha value is -2.89. The molecule has 1 fully saturated rings. The highest BCUT2D eigenvalue weighted by Gasteiger charge is 2.28. The fourth-order valence-corrected chi connectivity index (χ4v) is 3.19. The smallest absolute Gasteiger partial charge is 0.324 e. The van der Waals surface area contributed by atoms with Crippen LogP contribution in [0.25, 0.3) is 0 Å². The van der Waals surface area contributed by atoms with E-state index in [1.807, 2.05) is 12.1 Å². The summed E-state index contributed by atoms with van der Waals surface area (Å²) in [6, 6.07) is 12.0. The number of carbonyl (C=O) groups excluding carboxylic acids is 2. The molecule has 0 saturated carbocycles. The van der Waals surface area contributed by atoms with E-state index in [0.717, 1.165) is 30.9 Å². The highest BCUT2D eigenvalue weighted by atomic mass is 16.2. The molecular formula is C18H18N4O2. The van der Waals surface area contributed by atoms with Crippen molar-refractivity contribution in [3.8, 4) is 0 Å². The summed E-state index contributed by atoms with van der Waals surface area (Å²) in [4.78, 5) is 31.2. The molecule has 0 unspecified atom stereocenters. The Labute approximate surface area is 140 Å². The van der Waals surface area contributed by atoms with Crippen LogP contribution in [-0.4, -0.2) is 34.9 Å². The van der Waals surface area contributed by atoms with E-state index in [2.05, 4.69) is 39.5 Å². The molecule has 6 nitrogen and oxygen atoms in total. The zero-order valence-electron chi connectivity index (χ0n) is 13.2. The molecule has 2 aliphatic rings. The second-order valence-electron chi connectivity index (χ2n) is 6.10. The van der Waals surface area contributed by atoms with E-state index in [9.17, 15) is 9.59 Å². The van der Waals surface area contributed by atoms with E-state index < -0.39 is 0 Å². The molecule has 2 aliphatic heterocycles. The molecule has 3 heterocycles. The fraction of sp³-hybridized carbons (Fsp3) is 0.278. The number of nitrogens with one attached hydrogen (secondary N) is 1. The molecule has 0 spiro atoms. The fourth-order valence-electron chi connectivity index (χ4n) is 3.19. The Morgan fingerprint density at radius 1 is 1.08 bits per heavy atom. The molecule has 0 aliphatic carbocycles. The lowest BCUT2D eigenvalue weighted by Crippen LogP contribution is -2.31. The van der Waals surface area contributed by atoms with Crippen LogP contribution in [0, 0.1) is 0 Å². The molecule has 24 heavy (non-hydrogen) atoms. The van der Waals surface area contributed by atoms with Crippen molar-refractivity contribution in [3.05, 3.63) is 59.3 Å². The summed E-state index contributed by atoms with van der Waals surface area (Å²) >= 11 is 0. The molecule has 1 aromatic heterocycles. The van der Waals surface area contributed by atoms with Gasteiger partial charge in [-0.05, 0) is 29.2 Å². The first kappa shape index (κ1) is 14.7. The lowest BCUT2D eigenvalue weighted by atomic mass is 10.00. The number of anilines is 1. The number of aromatic nitrogens is 1. The van der Waals surface area contributed by atoms with Crippen LogP contribution in [0.4, 0.5) is 10.6 Å². The van der Waals surface area contributed by atoms with E-state index in [4.69, 9.17) is 0 Å². The lowest BCUT2D eigenvalue weighted by Gasteiger charge is -2.29. The Morgan fingerprint density at radius 3 is 2.62 bits per heavy atom. The maximum atomic E-state index is 11.6. The molecule has 1 aromatic carbocycles. The van der Waals surface area contributed by atoms with E-state index in [0.29, 0.717) is 0 Å². The highest BCUT2D eigenvalue weighted by Crippen LogP contribution is 2.23. The van der Waals surface area contributed by atoms with Crippen LogP contribution < -0.4 is 10.2 Å². The van der Waals surface area contributed by atoms with E-state index in [-0.39, 0.29) is 25.0 Å². The summed E-state index contributed by atoms with van der Waals surface area (Å²) in [5.74, 6) is 0.724. The molecule has 122 valence electrons. The van der Waals surface area contributed by atoms with Crippen LogP contribution in [-0.2, 0) is 24.3 Å². The van der Waals surface area contributed by atoms with Crippen LogP contribution in [0.2, 0.25) is 0 Å². The summed E-state index contributed by atoms with van der Waals surface area (Å²) in [6.07, 6.45) is 2.76. The Bertz CT molecular complexity index is 772. The standard InChI is InChI=1S/C18H18N4O2/c23-17-10-20-18(24)22(17)11-13-5-6-16(19-9-13)21-8-7-14-3-1-2-4-15(14)12-21/h1-6,9H,7-8,10-12H2,(H,20,24). The average Bonchev–Trinajstić information content (AvgIpc) is 2.94. The van der Waals surface area contributed by atoms with Crippen molar-refractivity contribution in [2.24, 2.45) is 0 Å². The van der Waals surface area contributed by atoms with Crippen LogP contribution in [0.1, 0.15) is 16.7 Å². The van der Waals surface area contributed by atoms with Crippen molar-refractivity contribution in [3.63, 3.8) is 0 Å². The Kier molecular flexibility index (Phi) is 3.65. The summed E-state index contributed by atoms with van der Waals surface area (Å²) in [7, 11) is 0. The van der Waals surface area contributed by atoms with Gasteiger partial charge in [0.2, 0.25) is 5.91 Å². The lowest BCUT2D eigenvalue weighted by molar-refractivity contribution is -0.125. The molecule has 0 bridgehead atoms. The zero-order valence-corrected chi connectivity index (χ0v) is 13.2. The summed E-state index contributed by atoms with van der Waals surface area (Å²) < 4.78 is 0. The maximum Gasteiger partial charge on any atom is 0.324 e. The van der Waals surface area contributed by atoms with Gasteiger partial charge in [0.05, 0.1) is 13.1 Å². The van der Waals surface area contributed by atoms with Crippen LogP contribution in [0.15, 0.2) is 42.6 Å². The van der Waals surface area contributed by atoms with Gasteiger partial charge >= 0.3 is 6.03 Å². The summed E-state index contributed by atoms with van der Waals surface area (Å²) in [5.41, 5.74) is 3.60. The zero-order chi connectivity index (χ0) is 16.5. The van der Waals surface area contributed by atoms with E-state index in [1.165, 1.54) is 16.0 Å². The van der Waals surface area contributed by atoms with Gasteiger partial charge in [0, 0.05) is 19.3 Å². The highest BCUT2D eigenvalue weighted by molar-refractivity contribution is 6.01. The van der Waals surface area contributed by atoms with Gasteiger partial charge in [-0.15, -0.1) is 0 Å². The minimum Gasteiger partial charge on any atom is -0.352 e. The first-order valence-electron chi connectivity index (χ1n) is 8.05. The summed E-state index contributed by atoms with van der Waals surface area (Å²) in [6.45, 7) is 2.14. The van der Waals surface area contributed by atoms with E-state index >= 15 is 0 Å². The number of benzene rings is 1. The predicted octanol–water partition coefficient (Wildman–Crippen LogP) is 1.70. The number of nitrogens with zero attached hydrogens (tertiary/aromatic N) is 3. The first-order chi connectivity index (χ1) is 11.7. The minimum atomic E-state index is -0.336. The SMILES string of the molecule is O=C1CNC(=O)N1Cc1ccc(N2CCc3ccccc3C2)nc1. The monoisotopic (exact) mass is 322 g/mol. The number of rotatable bonds is 3. The third kappa shape index (κ3) is 2.71. The van der Waals surface area contributed by atoms with Crippen molar-refractivity contribution in [2.45, 2.75) is 19.5 Å². The number of urea groups is 1. The van der Waals surface area contributed by atoms with Gasteiger partial charge < -0.3 is 10.2 Å². The maximum absolute atomic E-state index is 11.6. The largest absolute Gasteiger partial charge is 0.352 e. The van der Waals surface area contributed by atoms with E-state index in [1.54, 1.807) is 6.20 Å². The van der Waals surface area contributed by atoms with Gasteiger partial charge in [-0.25, -0.2) is 9.78 Å². The third-order valence-corrected chi connectivity index (χ3v) is 4.54. The number of hydrogen-bond donors (Lipinski definition) is 1. The second kappa shape index (κ2) is 5.96. The second-order valence-corrected chi connectivity index (χ2v) is 6.10. The molecule has 0 radical (unpaired) electrons. The number of fused-ring (bicyclic) bond motifs is 1. The van der Waals surface area contributed by atoms with Crippen molar-refractivity contribution in [2.75, 3.05) is 18.0 Å². The quantitative estimate of drug-likeness (QED) is 0.874. The van der Waals surface area contributed by atoms with Crippen LogP contribution >= 0.6 is 0 Å². The van der Waals surface area contributed by atoms with Gasteiger partial charge in [0.15, 0.2) is 0 Å².